The predicted molar refractivity (Wildman–Crippen MR) is 199 cm³/mol. The van der Waals surface area contributed by atoms with Gasteiger partial charge in [-0.1, -0.05) is 77.4 Å². The van der Waals surface area contributed by atoms with Crippen LogP contribution in [0.15, 0.2) is 58.4 Å². The number of hydrogen-bond donors (Lipinski definition) is 5. The minimum absolute atomic E-state index is 0.0352. The first kappa shape index (κ1) is 37.8. The van der Waals surface area contributed by atoms with E-state index in [2.05, 4.69) is 93.9 Å². The number of nitrogens with zero attached hydrogens (tertiary/aromatic N) is 3. The molecular weight excluding hydrogens is 608 g/mol. The maximum absolute atomic E-state index is 12.5. The largest absolute Gasteiger partial charge is 0.370 e. The van der Waals surface area contributed by atoms with E-state index in [9.17, 15) is 4.79 Å². The van der Waals surface area contributed by atoms with Crippen LogP contribution in [0.25, 0.3) is 16.7 Å². The van der Waals surface area contributed by atoms with E-state index < -0.39 is 0 Å². The first-order chi connectivity index (χ1) is 22.0. The van der Waals surface area contributed by atoms with Crippen molar-refractivity contribution in [2.75, 3.05) is 13.1 Å². The fraction of sp³-hybridized carbons (Fsp3) is 0.486. The molecule has 0 amide bonds. The van der Waals surface area contributed by atoms with Crippen molar-refractivity contribution < 1.29 is 0 Å². The van der Waals surface area contributed by atoms with Gasteiger partial charge in [-0.2, -0.15) is 4.98 Å². The Hall–Kier alpha value is -3.66. The molecule has 0 fully saturated rings. The average Bonchev–Trinajstić information content (AvgIpc) is 3.40. The Morgan fingerprint density at radius 3 is 2.30 bits per heavy atom. The number of aliphatic imine (C=N–C) groups is 1. The Bertz CT molecular complexity index is 1690. The van der Waals surface area contributed by atoms with Crippen molar-refractivity contribution in [3.8, 4) is 5.69 Å². The van der Waals surface area contributed by atoms with Gasteiger partial charge in [-0.3, -0.25) is 9.56 Å². The highest BCUT2D eigenvalue weighted by molar-refractivity contribution is 6.32. The number of aromatic amines is 1. The molecule has 0 spiro atoms. The molecule has 8 N–H and O–H groups in total. The third-order valence-corrected chi connectivity index (χ3v) is 8.41. The summed E-state index contributed by atoms with van der Waals surface area (Å²) in [5.74, 6) is 0.123. The number of aromatic nitrogens is 3. The molecule has 2 heterocycles. The van der Waals surface area contributed by atoms with E-state index in [1.807, 2.05) is 30.5 Å². The van der Waals surface area contributed by atoms with Gasteiger partial charge < -0.3 is 27.5 Å². The van der Waals surface area contributed by atoms with Gasteiger partial charge in [0.05, 0.1) is 5.69 Å². The summed E-state index contributed by atoms with van der Waals surface area (Å²) >= 11 is 6.41. The second kappa shape index (κ2) is 16.4. The second-order valence-electron chi connectivity index (χ2n) is 14.5. The molecule has 0 saturated carbocycles. The Balaban J connectivity index is 0.000000287. The molecule has 9 nitrogen and oxygen atoms in total. The summed E-state index contributed by atoms with van der Waals surface area (Å²) in [4.78, 5) is 23.9. The zero-order chi connectivity index (χ0) is 34.9. The van der Waals surface area contributed by atoms with E-state index >= 15 is 0 Å². The van der Waals surface area contributed by atoms with E-state index in [0.717, 1.165) is 66.1 Å². The fourth-order valence-electron chi connectivity index (χ4n) is 5.17. The Labute approximate surface area is 285 Å². The summed E-state index contributed by atoms with van der Waals surface area (Å²) in [7, 11) is 0. The van der Waals surface area contributed by atoms with E-state index in [-0.39, 0.29) is 22.5 Å². The molecule has 0 aliphatic rings. The van der Waals surface area contributed by atoms with Crippen molar-refractivity contribution in [3.63, 3.8) is 0 Å². The van der Waals surface area contributed by atoms with Gasteiger partial charge in [-0.05, 0) is 91.9 Å². The third-order valence-electron chi connectivity index (χ3n) is 7.91. The van der Waals surface area contributed by atoms with Gasteiger partial charge in [0.25, 0.3) is 0 Å². The minimum Gasteiger partial charge on any atom is -0.370 e. The first-order valence-electron chi connectivity index (χ1n) is 16.5. The molecular formula is C37H55ClN8O. The standard InChI is InChI=1S/C21H29N7O.C16H26ClN/c1-21(2,3)17-11-15-13-28(20(29)27-18(15)26-17)16-7-5-14(6-8-16)12-24-9-4-10-25-19(22)23;1-11-9-13(8-6-7-12(2)18)10-14(15(11)17)16(3,4)5/h5-8,11,13,24H,4,9-10,12H2,1-3H3,(H4,22,23,25)(H,26,27,29);9-10,12H,6-8,18H2,1-5H3/t;12-/m.0/s1. The number of aryl methyl sites for hydroxylation is 2. The monoisotopic (exact) mass is 662 g/mol. The summed E-state index contributed by atoms with van der Waals surface area (Å²) in [6.07, 6.45) is 6.01. The minimum atomic E-state index is -0.301. The van der Waals surface area contributed by atoms with Crippen LogP contribution in [0.5, 0.6) is 0 Å². The third kappa shape index (κ3) is 11.5. The van der Waals surface area contributed by atoms with Gasteiger partial charge in [0.1, 0.15) is 5.65 Å². The molecule has 0 saturated heterocycles. The number of fused-ring (bicyclic) bond motifs is 1. The van der Waals surface area contributed by atoms with Crippen molar-refractivity contribution >= 4 is 28.6 Å². The Kier molecular flexibility index (Phi) is 13.2. The van der Waals surface area contributed by atoms with E-state index in [0.29, 0.717) is 18.2 Å². The van der Waals surface area contributed by atoms with Crippen molar-refractivity contribution in [2.45, 2.75) is 104 Å². The van der Waals surface area contributed by atoms with Gasteiger partial charge in [-0.15, -0.1) is 0 Å². The van der Waals surface area contributed by atoms with Crippen LogP contribution in [0.4, 0.5) is 0 Å². The van der Waals surface area contributed by atoms with Crippen molar-refractivity contribution in [1.29, 1.82) is 0 Å². The first-order valence-corrected chi connectivity index (χ1v) is 16.9. The van der Waals surface area contributed by atoms with Crippen molar-refractivity contribution in [1.82, 2.24) is 19.9 Å². The van der Waals surface area contributed by atoms with Gasteiger partial charge in [0.15, 0.2) is 5.96 Å². The number of nitrogens with two attached hydrogens (primary N) is 3. The molecule has 256 valence electrons. The number of H-pyrrole nitrogens is 1. The quantitative estimate of drug-likeness (QED) is 0.0714. The summed E-state index contributed by atoms with van der Waals surface area (Å²) in [5, 5.41) is 5.18. The van der Waals surface area contributed by atoms with E-state index in [1.165, 1.54) is 16.7 Å². The highest BCUT2D eigenvalue weighted by Gasteiger charge is 2.20. The van der Waals surface area contributed by atoms with Crippen LogP contribution in [-0.4, -0.2) is 39.6 Å². The van der Waals surface area contributed by atoms with Crippen LogP contribution in [0.3, 0.4) is 0 Å². The number of nitrogens with one attached hydrogen (secondary N) is 2. The van der Waals surface area contributed by atoms with E-state index in [1.54, 1.807) is 4.57 Å². The van der Waals surface area contributed by atoms with E-state index in [4.69, 9.17) is 28.8 Å². The number of rotatable bonds is 11. The average molecular weight is 663 g/mol. The molecule has 1 atom stereocenters. The number of guanidine groups is 1. The van der Waals surface area contributed by atoms with Gasteiger partial charge in [0, 0.05) is 46.8 Å². The number of benzene rings is 2. The maximum atomic E-state index is 12.5. The zero-order valence-electron chi connectivity index (χ0n) is 29.5. The van der Waals surface area contributed by atoms with Crippen LogP contribution in [0.2, 0.25) is 5.02 Å². The molecule has 4 aromatic rings. The van der Waals surface area contributed by atoms with Crippen LogP contribution in [0, 0.1) is 6.92 Å². The van der Waals surface area contributed by atoms with Crippen molar-refractivity contribution in [2.24, 2.45) is 22.2 Å². The molecule has 0 aliphatic carbocycles. The SMILES string of the molecule is CC(C)(C)c1cc2cn(-c3ccc(CNCCCN=C(N)N)cc3)c(=O)nc2[nH]1.Cc1cc(CCC[C@H](C)N)cc(C(C)(C)C)c1Cl. The molecule has 0 unspecified atom stereocenters. The molecule has 10 heteroatoms. The predicted octanol–water partition coefficient (Wildman–Crippen LogP) is 6.38. The molecule has 0 radical (unpaired) electrons. The lowest BCUT2D eigenvalue weighted by atomic mass is 9.84. The van der Waals surface area contributed by atoms with Crippen LogP contribution in [-0.2, 0) is 23.8 Å². The normalized spacial score (nSPS) is 12.5. The Morgan fingerprint density at radius 1 is 1.02 bits per heavy atom. The summed E-state index contributed by atoms with van der Waals surface area (Å²) in [5.41, 5.74) is 23.6. The lowest BCUT2D eigenvalue weighted by Gasteiger charge is -2.23. The highest BCUT2D eigenvalue weighted by atomic mass is 35.5. The summed E-state index contributed by atoms with van der Waals surface area (Å²) in [6.45, 7) is 19.3. The van der Waals surface area contributed by atoms with Crippen molar-refractivity contribution in [3.05, 3.63) is 92.1 Å². The molecule has 4 rings (SSSR count). The lowest BCUT2D eigenvalue weighted by molar-refractivity contribution is 0.574. The fourth-order valence-corrected chi connectivity index (χ4v) is 5.56. The topological polar surface area (TPSA) is 153 Å². The second-order valence-corrected chi connectivity index (χ2v) is 14.9. The van der Waals surface area contributed by atoms with Gasteiger partial charge in [0.2, 0.25) is 0 Å². The van der Waals surface area contributed by atoms with Crippen LogP contribution in [0.1, 0.15) is 95.7 Å². The molecule has 0 bridgehead atoms. The highest BCUT2D eigenvalue weighted by Crippen LogP contribution is 2.33. The van der Waals surface area contributed by atoms with Crippen LogP contribution < -0.4 is 28.2 Å². The zero-order valence-corrected chi connectivity index (χ0v) is 30.3. The van der Waals surface area contributed by atoms with Gasteiger partial charge >= 0.3 is 5.69 Å². The number of halogens is 1. The molecule has 47 heavy (non-hydrogen) atoms. The van der Waals surface area contributed by atoms with Gasteiger partial charge in [-0.25, -0.2) is 4.79 Å². The molecule has 0 aliphatic heterocycles. The summed E-state index contributed by atoms with van der Waals surface area (Å²) in [6, 6.07) is 14.7. The Morgan fingerprint density at radius 2 is 1.70 bits per heavy atom. The molecule has 2 aromatic heterocycles. The number of hydrogen-bond acceptors (Lipinski definition) is 5. The molecule has 2 aromatic carbocycles. The summed E-state index contributed by atoms with van der Waals surface area (Å²) < 4.78 is 1.58. The smallest absolute Gasteiger partial charge is 0.354 e. The lowest BCUT2D eigenvalue weighted by Crippen LogP contribution is -2.23. The maximum Gasteiger partial charge on any atom is 0.354 e. The van der Waals surface area contributed by atoms with Crippen LogP contribution >= 0.6 is 11.6 Å².